The fraction of sp³-hybridized carbons (Fsp3) is 0.296. The second kappa shape index (κ2) is 12.6. The summed E-state index contributed by atoms with van der Waals surface area (Å²) in [7, 11) is 2.03. The molecule has 8 heteroatoms. The highest BCUT2D eigenvalue weighted by Gasteiger charge is 2.11. The van der Waals surface area contributed by atoms with E-state index in [-0.39, 0.29) is 18.2 Å². The normalized spacial score (nSPS) is 14.7. The van der Waals surface area contributed by atoms with Crippen LogP contribution in [0.3, 0.4) is 0 Å². The predicted octanol–water partition coefficient (Wildman–Crippen LogP) is 3.39. The van der Waals surface area contributed by atoms with E-state index in [9.17, 15) is 9.59 Å². The summed E-state index contributed by atoms with van der Waals surface area (Å²) in [6.07, 6.45) is 9.39. The Morgan fingerprint density at radius 3 is 2.51 bits per heavy atom. The van der Waals surface area contributed by atoms with Crippen LogP contribution in [-0.4, -0.2) is 42.2 Å². The molecule has 0 saturated carbocycles. The van der Waals surface area contributed by atoms with E-state index in [0.29, 0.717) is 30.0 Å². The Morgan fingerprint density at radius 1 is 1.17 bits per heavy atom. The molecule has 1 unspecified atom stereocenters. The molecule has 0 saturated heterocycles. The van der Waals surface area contributed by atoms with E-state index in [1.165, 1.54) is 19.3 Å². The van der Waals surface area contributed by atoms with Gasteiger partial charge in [0.25, 0.3) is 0 Å². The van der Waals surface area contributed by atoms with Gasteiger partial charge in [0.1, 0.15) is 5.84 Å². The van der Waals surface area contributed by atoms with Crippen LogP contribution >= 0.6 is 0 Å². The summed E-state index contributed by atoms with van der Waals surface area (Å²) in [5, 5.41) is 14.6. The molecule has 2 aromatic carbocycles. The number of aldehydes is 1. The molecule has 1 aromatic heterocycles. The lowest BCUT2D eigenvalue weighted by Crippen LogP contribution is -2.25. The third-order valence-electron chi connectivity index (χ3n) is 6.00. The van der Waals surface area contributed by atoms with E-state index in [1.807, 2.05) is 54.1 Å². The molecule has 8 nitrogen and oxygen atoms in total. The van der Waals surface area contributed by atoms with Gasteiger partial charge in [0.05, 0.1) is 5.69 Å². The average Bonchev–Trinajstić information content (AvgIpc) is 3.23. The second-order valence-electron chi connectivity index (χ2n) is 8.51. The first-order chi connectivity index (χ1) is 16.9. The van der Waals surface area contributed by atoms with Crippen LogP contribution in [0.15, 0.2) is 60.7 Å². The van der Waals surface area contributed by atoms with Gasteiger partial charge < -0.3 is 26.7 Å². The van der Waals surface area contributed by atoms with Gasteiger partial charge in [-0.25, -0.2) is 0 Å². The quantitative estimate of drug-likeness (QED) is 0.147. The number of allylic oxidation sites excluding steroid dienone is 1. The van der Waals surface area contributed by atoms with Crippen LogP contribution in [0.5, 0.6) is 0 Å². The number of amidine groups is 1. The van der Waals surface area contributed by atoms with Gasteiger partial charge in [-0.1, -0.05) is 36.4 Å². The SMILES string of the molecule is CNC1CC=CCC1.N=C(N)c1ccc2cc(C=O)n(Cc3ccc(NC(=O)CCN)cc3)c2c1. The number of anilines is 1. The topological polar surface area (TPSA) is 139 Å². The minimum Gasteiger partial charge on any atom is -0.384 e. The maximum atomic E-state index is 11.6. The van der Waals surface area contributed by atoms with Crippen LogP contribution in [0.25, 0.3) is 10.9 Å². The van der Waals surface area contributed by atoms with Crippen molar-refractivity contribution in [3.63, 3.8) is 0 Å². The van der Waals surface area contributed by atoms with E-state index in [2.05, 4.69) is 22.8 Å². The number of hydrogen-bond donors (Lipinski definition) is 5. The first-order valence-electron chi connectivity index (χ1n) is 11.8. The average molecular weight is 475 g/mol. The molecule has 3 aromatic rings. The maximum absolute atomic E-state index is 11.6. The minimum atomic E-state index is -0.123. The predicted molar refractivity (Wildman–Crippen MR) is 142 cm³/mol. The molecule has 0 spiro atoms. The summed E-state index contributed by atoms with van der Waals surface area (Å²) in [6, 6.07) is 15.4. The summed E-state index contributed by atoms with van der Waals surface area (Å²) in [5.41, 5.74) is 14.6. The fourth-order valence-electron chi connectivity index (χ4n) is 4.00. The molecule has 1 atom stereocenters. The lowest BCUT2D eigenvalue weighted by Gasteiger charge is -2.15. The number of amides is 1. The van der Waals surface area contributed by atoms with Crippen molar-refractivity contribution >= 4 is 34.6 Å². The molecule has 1 amide bonds. The van der Waals surface area contributed by atoms with Crippen molar-refractivity contribution in [3.05, 3.63) is 77.5 Å². The van der Waals surface area contributed by atoms with E-state index in [4.69, 9.17) is 16.9 Å². The number of nitrogens with one attached hydrogen (secondary N) is 3. The number of nitrogens with zero attached hydrogens (tertiary/aromatic N) is 1. The second-order valence-corrected chi connectivity index (χ2v) is 8.51. The zero-order valence-corrected chi connectivity index (χ0v) is 20.1. The van der Waals surface area contributed by atoms with Crippen LogP contribution in [0, 0.1) is 5.41 Å². The van der Waals surface area contributed by atoms with Gasteiger partial charge in [-0.3, -0.25) is 15.0 Å². The third kappa shape index (κ3) is 7.11. The van der Waals surface area contributed by atoms with Crippen LogP contribution in [0.4, 0.5) is 5.69 Å². The first kappa shape index (κ1) is 25.9. The highest BCUT2D eigenvalue weighted by molar-refractivity contribution is 5.99. The maximum Gasteiger partial charge on any atom is 0.225 e. The molecule has 1 aliphatic rings. The molecule has 184 valence electrons. The van der Waals surface area contributed by atoms with Crippen LogP contribution in [0.1, 0.15) is 47.3 Å². The Hall–Kier alpha value is -3.75. The van der Waals surface area contributed by atoms with Crippen molar-refractivity contribution in [3.8, 4) is 0 Å². The molecule has 0 radical (unpaired) electrons. The zero-order chi connectivity index (χ0) is 25.2. The van der Waals surface area contributed by atoms with Crippen molar-refractivity contribution in [1.82, 2.24) is 9.88 Å². The van der Waals surface area contributed by atoms with Crippen molar-refractivity contribution in [2.75, 3.05) is 18.9 Å². The van der Waals surface area contributed by atoms with Crippen molar-refractivity contribution in [2.45, 2.75) is 38.3 Å². The van der Waals surface area contributed by atoms with Gasteiger partial charge in [0.15, 0.2) is 6.29 Å². The molecule has 4 rings (SSSR count). The molecule has 0 bridgehead atoms. The standard InChI is InChI=1S/C20H21N5O2.C7H13N/c21-8-7-19(27)24-16-5-1-13(2-6-16)11-25-17(12-26)9-14-3-4-15(20(22)23)10-18(14)25;1-8-7-5-3-2-4-6-7/h1-6,9-10,12H,7-8,11,21H2,(H3,22,23)(H,24,27);2-3,7-8H,4-6H2,1H3. The van der Waals surface area contributed by atoms with Crippen LogP contribution < -0.4 is 22.1 Å². The molecule has 7 N–H and O–H groups in total. The molecule has 0 fully saturated rings. The summed E-state index contributed by atoms with van der Waals surface area (Å²) in [4.78, 5) is 23.1. The molecular weight excluding hydrogens is 440 g/mol. The highest BCUT2D eigenvalue weighted by atomic mass is 16.1. The number of carbonyl (C=O) groups is 2. The highest BCUT2D eigenvalue weighted by Crippen LogP contribution is 2.22. The van der Waals surface area contributed by atoms with E-state index < -0.39 is 0 Å². The van der Waals surface area contributed by atoms with Gasteiger partial charge >= 0.3 is 0 Å². The van der Waals surface area contributed by atoms with Crippen LogP contribution in [0.2, 0.25) is 0 Å². The number of nitrogens with two attached hydrogens (primary N) is 2. The monoisotopic (exact) mass is 474 g/mol. The lowest BCUT2D eigenvalue weighted by atomic mass is 10.0. The smallest absolute Gasteiger partial charge is 0.225 e. The van der Waals surface area contributed by atoms with Gasteiger partial charge in [0.2, 0.25) is 5.91 Å². The Balaban J connectivity index is 0.000000363. The summed E-state index contributed by atoms with van der Waals surface area (Å²) < 4.78 is 1.89. The number of nitrogen functional groups attached to an aromatic ring is 1. The number of fused-ring (bicyclic) bond motifs is 1. The summed E-state index contributed by atoms with van der Waals surface area (Å²) in [5.74, 6) is -0.142. The molecule has 35 heavy (non-hydrogen) atoms. The zero-order valence-electron chi connectivity index (χ0n) is 20.1. The molecule has 0 aliphatic heterocycles. The number of aromatic nitrogens is 1. The third-order valence-corrected chi connectivity index (χ3v) is 6.00. The van der Waals surface area contributed by atoms with Crippen molar-refractivity contribution in [2.24, 2.45) is 11.5 Å². The van der Waals surface area contributed by atoms with Gasteiger partial charge in [-0.15, -0.1) is 0 Å². The lowest BCUT2D eigenvalue weighted by molar-refractivity contribution is -0.116. The number of carbonyl (C=O) groups excluding carboxylic acids is 2. The number of hydrogen-bond acceptors (Lipinski definition) is 5. The Labute approximate surface area is 205 Å². The number of rotatable bonds is 8. The fourth-order valence-corrected chi connectivity index (χ4v) is 4.00. The van der Waals surface area contributed by atoms with E-state index >= 15 is 0 Å². The van der Waals surface area contributed by atoms with E-state index in [1.54, 1.807) is 6.07 Å². The molecule has 1 aliphatic carbocycles. The minimum absolute atomic E-state index is 0.0186. The van der Waals surface area contributed by atoms with Crippen molar-refractivity contribution in [1.29, 1.82) is 5.41 Å². The largest absolute Gasteiger partial charge is 0.384 e. The Bertz CT molecular complexity index is 1200. The van der Waals surface area contributed by atoms with Gasteiger partial charge in [-0.2, -0.15) is 0 Å². The Morgan fingerprint density at radius 2 is 1.94 bits per heavy atom. The van der Waals surface area contributed by atoms with E-state index in [0.717, 1.165) is 28.8 Å². The molecule has 1 heterocycles. The summed E-state index contributed by atoms with van der Waals surface area (Å²) >= 11 is 0. The summed E-state index contributed by atoms with van der Waals surface area (Å²) in [6.45, 7) is 0.789. The van der Waals surface area contributed by atoms with Crippen molar-refractivity contribution < 1.29 is 9.59 Å². The van der Waals surface area contributed by atoms with Gasteiger partial charge in [-0.05, 0) is 56.1 Å². The number of benzene rings is 2. The van der Waals surface area contributed by atoms with Crippen LogP contribution in [-0.2, 0) is 11.3 Å². The Kier molecular flexibility index (Phi) is 9.34. The first-order valence-corrected chi connectivity index (χ1v) is 11.8. The van der Waals surface area contributed by atoms with Gasteiger partial charge in [0, 0.05) is 47.7 Å². The molecular formula is C27H34N6O2.